The van der Waals surface area contributed by atoms with Gasteiger partial charge < -0.3 is 25.7 Å². The molecule has 0 bridgehead atoms. The van der Waals surface area contributed by atoms with Gasteiger partial charge in [0.1, 0.15) is 0 Å². The molecule has 0 spiro atoms. The topological polar surface area (TPSA) is 89.1 Å². The standard InChI is InChI=1S/C8H17N3O3/c1-6(8(9)11-12)10-4-7-5-13-2-3-14-7/h6-7,10,12H,2-5H2,1H3,(H2,9,11). The van der Waals surface area contributed by atoms with Gasteiger partial charge in [-0.2, -0.15) is 0 Å². The van der Waals surface area contributed by atoms with Gasteiger partial charge in [0.05, 0.1) is 32.0 Å². The molecule has 1 heterocycles. The zero-order chi connectivity index (χ0) is 10.4. The Morgan fingerprint density at radius 1 is 1.71 bits per heavy atom. The van der Waals surface area contributed by atoms with E-state index in [1.54, 1.807) is 0 Å². The van der Waals surface area contributed by atoms with Crippen LogP contribution < -0.4 is 11.1 Å². The van der Waals surface area contributed by atoms with Gasteiger partial charge in [-0.3, -0.25) is 0 Å². The van der Waals surface area contributed by atoms with Crippen LogP contribution in [0.15, 0.2) is 5.16 Å². The zero-order valence-corrected chi connectivity index (χ0v) is 8.27. The van der Waals surface area contributed by atoms with E-state index in [0.29, 0.717) is 26.4 Å². The quantitative estimate of drug-likeness (QED) is 0.239. The number of amidine groups is 1. The Morgan fingerprint density at radius 3 is 3.07 bits per heavy atom. The summed E-state index contributed by atoms with van der Waals surface area (Å²) in [6.45, 7) is 4.34. The minimum Gasteiger partial charge on any atom is -0.409 e. The highest BCUT2D eigenvalue weighted by Gasteiger charge is 2.15. The molecular weight excluding hydrogens is 186 g/mol. The van der Waals surface area contributed by atoms with Crippen molar-refractivity contribution in [1.82, 2.24) is 5.32 Å². The maximum Gasteiger partial charge on any atom is 0.156 e. The van der Waals surface area contributed by atoms with Crippen LogP contribution in [0.2, 0.25) is 0 Å². The number of nitrogens with zero attached hydrogens (tertiary/aromatic N) is 1. The van der Waals surface area contributed by atoms with E-state index in [1.807, 2.05) is 6.92 Å². The van der Waals surface area contributed by atoms with Crippen molar-refractivity contribution in [2.45, 2.75) is 19.1 Å². The fourth-order valence-electron chi connectivity index (χ4n) is 1.15. The lowest BCUT2D eigenvalue weighted by atomic mass is 10.2. The van der Waals surface area contributed by atoms with E-state index in [0.717, 1.165) is 0 Å². The molecule has 0 radical (unpaired) electrons. The molecule has 0 aromatic carbocycles. The van der Waals surface area contributed by atoms with Crippen molar-refractivity contribution in [3.63, 3.8) is 0 Å². The van der Waals surface area contributed by atoms with Gasteiger partial charge in [0.2, 0.25) is 0 Å². The first-order valence-electron chi connectivity index (χ1n) is 4.64. The smallest absolute Gasteiger partial charge is 0.156 e. The van der Waals surface area contributed by atoms with Crippen LogP contribution in [0.5, 0.6) is 0 Å². The number of hydrogen-bond acceptors (Lipinski definition) is 5. The first kappa shape index (κ1) is 11.2. The van der Waals surface area contributed by atoms with Gasteiger partial charge in [-0.05, 0) is 6.92 Å². The van der Waals surface area contributed by atoms with E-state index in [2.05, 4.69) is 10.5 Å². The third-order valence-corrected chi connectivity index (χ3v) is 2.10. The molecule has 4 N–H and O–H groups in total. The summed E-state index contributed by atoms with van der Waals surface area (Å²) in [5.41, 5.74) is 5.40. The Balaban J connectivity index is 2.18. The van der Waals surface area contributed by atoms with Gasteiger partial charge in [0.25, 0.3) is 0 Å². The van der Waals surface area contributed by atoms with Gasteiger partial charge in [0.15, 0.2) is 5.84 Å². The van der Waals surface area contributed by atoms with E-state index in [4.69, 9.17) is 20.4 Å². The molecule has 0 aromatic rings. The highest BCUT2D eigenvalue weighted by molar-refractivity contribution is 5.84. The third kappa shape index (κ3) is 3.49. The number of hydrogen-bond donors (Lipinski definition) is 3. The lowest BCUT2D eigenvalue weighted by Gasteiger charge is -2.24. The van der Waals surface area contributed by atoms with Crippen LogP contribution in [-0.2, 0) is 9.47 Å². The zero-order valence-electron chi connectivity index (χ0n) is 8.27. The van der Waals surface area contributed by atoms with Crippen LogP contribution in [0.25, 0.3) is 0 Å². The Morgan fingerprint density at radius 2 is 2.50 bits per heavy atom. The van der Waals surface area contributed by atoms with E-state index in [9.17, 15) is 0 Å². The van der Waals surface area contributed by atoms with Crippen molar-refractivity contribution in [3.8, 4) is 0 Å². The molecule has 1 aliphatic rings. The number of oxime groups is 1. The monoisotopic (exact) mass is 203 g/mol. The van der Waals surface area contributed by atoms with Crippen molar-refractivity contribution < 1.29 is 14.7 Å². The molecule has 6 heteroatoms. The second-order valence-corrected chi connectivity index (χ2v) is 3.22. The molecule has 0 amide bonds. The van der Waals surface area contributed by atoms with Crippen LogP contribution in [0, 0.1) is 0 Å². The Hall–Kier alpha value is -0.850. The lowest BCUT2D eigenvalue weighted by molar-refractivity contribution is -0.0865. The summed E-state index contributed by atoms with van der Waals surface area (Å²) in [4.78, 5) is 0. The fourth-order valence-corrected chi connectivity index (χ4v) is 1.15. The van der Waals surface area contributed by atoms with E-state index in [-0.39, 0.29) is 18.0 Å². The van der Waals surface area contributed by atoms with Crippen LogP contribution in [0.1, 0.15) is 6.92 Å². The summed E-state index contributed by atoms with van der Waals surface area (Å²) < 4.78 is 10.6. The molecule has 2 unspecified atom stereocenters. The number of ether oxygens (including phenoxy) is 2. The molecule has 0 saturated carbocycles. The van der Waals surface area contributed by atoms with Gasteiger partial charge in [-0.15, -0.1) is 0 Å². The first-order valence-corrected chi connectivity index (χ1v) is 4.64. The Bertz CT molecular complexity index is 192. The lowest BCUT2D eigenvalue weighted by Crippen LogP contribution is -2.45. The van der Waals surface area contributed by atoms with Gasteiger partial charge in [0, 0.05) is 6.54 Å². The van der Waals surface area contributed by atoms with Gasteiger partial charge >= 0.3 is 0 Å². The average Bonchev–Trinajstić information content (AvgIpc) is 2.26. The van der Waals surface area contributed by atoms with Crippen LogP contribution >= 0.6 is 0 Å². The molecule has 14 heavy (non-hydrogen) atoms. The maximum absolute atomic E-state index is 8.41. The largest absolute Gasteiger partial charge is 0.409 e. The second kappa shape index (κ2) is 5.79. The molecule has 82 valence electrons. The van der Waals surface area contributed by atoms with Gasteiger partial charge in [-0.1, -0.05) is 5.16 Å². The highest BCUT2D eigenvalue weighted by atomic mass is 16.6. The molecule has 1 rings (SSSR count). The molecule has 0 aliphatic carbocycles. The molecule has 2 atom stereocenters. The fraction of sp³-hybridized carbons (Fsp3) is 0.875. The predicted molar refractivity (Wildman–Crippen MR) is 51.4 cm³/mol. The Kier molecular flexibility index (Phi) is 4.64. The summed E-state index contributed by atoms with van der Waals surface area (Å²) >= 11 is 0. The van der Waals surface area contributed by atoms with Gasteiger partial charge in [-0.25, -0.2) is 0 Å². The van der Waals surface area contributed by atoms with Crippen molar-refractivity contribution >= 4 is 5.84 Å². The molecule has 1 fully saturated rings. The summed E-state index contributed by atoms with van der Waals surface area (Å²) in [5.74, 6) is 0.168. The molecule has 1 aliphatic heterocycles. The second-order valence-electron chi connectivity index (χ2n) is 3.22. The summed E-state index contributed by atoms with van der Waals surface area (Å²) in [6.07, 6.45) is 0.0534. The minimum atomic E-state index is -0.162. The first-order chi connectivity index (χ1) is 6.74. The normalized spacial score (nSPS) is 26.1. The van der Waals surface area contributed by atoms with Crippen molar-refractivity contribution in [3.05, 3.63) is 0 Å². The van der Waals surface area contributed by atoms with Crippen molar-refractivity contribution in [2.24, 2.45) is 10.9 Å². The molecule has 1 saturated heterocycles. The predicted octanol–water partition coefficient (Wildman–Crippen LogP) is -0.874. The average molecular weight is 203 g/mol. The van der Waals surface area contributed by atoms with E-state index < -0.39 is 0 Å². The van der Waals surface area contributed by atoms with E-state index >= 15 is 0 Å². The molecular formula is C8H17N3O3. The van der Waals surface area contributed by atoms with Crippen molar-refractivity contribution in [2.75, 3.05) is 26.4 Å². The SMILES string of the molecule is CC(NCC1COCCO1)C(N)=NO. The summed E-state index contributed by atoms with van der Waals surface area (Å²) in [5, 5.41) is 14.4. The molecule has 6 nitrogen and oxygen atoms in total. The Labute approximate surface area is 83.0 Å². The number of nitrogens with one attached hydrogen (secondary N) is 1. The van der Waals surface area contributed by atoms with Crippen LogP contribution in [0.3, 0.4) is 0 Å². The number of rotatable bonds is 4. The summed E-state index contributed by atoms with van der Waals surface area (Å²) in [7, 11) is 0. The minimum absolute atomic E-state index is 0.0534. The molecule has 0 aromatic heterocycles. The number of nitrogens with two attached hydrogens (primary N) is 1. The van der Waals surface area contributed by atoms with Crippen LogP contribution in [0.4, 0.5) is 0 Å². The highest BCUT2D eigenvalue weighted by Crippen LogP contribution is 1.99. The van der Waals surface area contributed by atoms with Crippen LogP contribution in [-0.4, -0.2) is 49.6 Å². The van der Waals surface area contributed by atoms with E-state index in [1.165, 1.54) is 0 Å². The third-order valence-electron chi connectivity index (χ3n) is 2.10. The summed E-state index contributed by atoms with van der Waals surface area (Å²) in [6, 6.07) is -0.162. The maximum atomic E-state index is 8.41. The van der Waals surface area contributed by atoms with Crippen molar-refractivity contribution in [1.29, 1.82) is 0 Å².